The van der Waals surface area contributed by atoms with Crippen molar-refractivity contribution in [1.82, 2.24) is 25.4 Å². The van der Waals surface area contributed by atoms with Crippen LogP contribution in [0, 0.1) is 0 Å². The molecule has 2 N–H and O–H groups in total. The molecule has 4 rings (SSSR count). The number of fused-ring (bicyclic) bond motifs is 3. The number of hydrogen-bond acceptors (Lipinski definition) is 3. The summed E-state index contributed by atoms with van der Waals surface area (Å²) < 4.78 is 38.9. The van der Waals surface area contributed by atoms with Crippen molar-refractivity contribution >= 4 is 21.8 Å². The lowest BCUT2D eigenvalue weighted by molar-refractivity contribution is -0.140. The average Bonchev–Trinajstić information content (AvgIpc) is 3.15. The fourth-order valence-corrected chi connectivity index (χ4v) is 2.45. The number of halogens is 3. The molecule has 8 heteroatoms. The zero-order valence-electron chi connectivity index (χ0n) is 10.9. The zero-order chi connectivity index (χ0) is 15.3. The van der Waals surface area contributed by atoms with Gasteiger partial charge >= 0.3 is 6.18 Å². The molecule has 0 saturated heterocycles. The van der Waals surface area contributed by atoms with Crippen molar-refractivity contribution < 1.29 is 13.2 Å². The predicted octanol–water partition coefficient (Wildman–Crippen LogP) is 3.52. The molecule has 0 aliphatic carbocycles. The van der Waals surface area contributed by atoms with Crippen molar-refractivity contribution in [2.45, 2.75) is 6.18 Å². The molecule has 4 aromatic rings. The number of nitrogens with one attached hydrogen (secondary N) is 2. The lowest BCUT2D eigenvalue weighted by atomic mass is 10.1. The number of alkyl halides is 3. The summed E-state index contributed by atoms with van der Waals surface area (Å²) in [5, 5.41) is 14.0. The van der Waals surface area contributed by atoms with Crippen LogP contribution < -0.4 is 0 Å². The third-order valence-corrected chi connectivity index (χ3v) is 3.46. The molecule has 0 unspecified atom stereocenters. The van der Waals surface area contributed by atoms with E-state index in [-0.39, 0.29) is 11.3 Å². The van der Waals surface area contributed by atoms with Crippen LogP contribution in [0.3, 0.4) is 0 Å². The SMILES string of the molecule is FC(F)(F)c1n[nH]cc1-c1ccc2ccc3cn[nH]c3c2n1. The highest BCUT2D eigenvalue weighted by Gasteiger charge is 2.37. The number of pyridine rings is 1. The van der Waals surface area contributed by atoms with Crippen LogP contribution >= 0.6 is 0 Å². The number of aromatic nitrogens is 5. The van der Waals surface area contributed by atoms with E-state index in [1.165, 1.54) is 6.20 Å². The molecule has 0 bridgehead atoms. The monoisotopic (exact) mass is 303 g/mol. The predicted molar refractivity (Wildman–Crippen MR) is 74.0 cm³/mol. The van der Waals surface area contributed by atoms with Gasteiger partial charge in [0.15, 0.2) is 5.69 Å². The second-order valence-corrected chi connectivity index (χ2v) is 4.81. The van der Waals surface area contributed by atoms with Crippen LogP contribution in [0.15, 0.2) is 36.7 Å². The van der Waals surface area contributed by atoms with Crippen LogP contribution in [-0.4, -0.2) is 25.4 Å². The highest BCUT2D eigenvalue weighted by Crippen LogP contribution is 2.35. The molecule has 0 saturated carbocycles. The second-order valence-electron chi connectivity index (χ2n) is 4.81. The molecule has 3 heterocycles. The summed E-state index contributed by atoms with van der Waals surface area (Å²) in [6, 6.07) is 7.00. The summed E-state index contributed by atoms with van der Waals surface area (Å²) in [6.45, 7) is 0. The Morgan fingerprint density at radius 3 is 2.59 bits per heavy atom. The Morgan fingerprint density at radius 2 is 1.77 bits per heavy atom. The lowest BCUT2D eigenvalue weighted by Crippen LogP contribution is -2.07. The van der Waals surface area contributed by atoms with Crippen LogP contribution in [0.4, 0.5) is 13.2 Å². The van der Waals surface area contributed by atoms with Gasteiger partial charge in [0.2, 0.25) is 0 Å². The Kier molecular flexibility index (Phi) is 2.50. The van der Waals surface area contributed by atoms with Crippen LogP contribution in [0.1, 0.15) is 5.69 Å². The van der Waals surface area contributed by atoms with Crippen LogP contribution in [0.25, 0.3) is 33.1 Å². The minimum Gasteiger partial charge on any atom is -0.284 e. The zero-order valence-corrected chi connectivity index (χ0v) is 10.9. The summed E-state index contributed by atoms with van der Waals surface area (Å²) in [5.74, 6) is 0. The van der Waals surface area contributed by atoms with Gasteiger partial charge in [-0.05, 0) is 6.07 Å². The van der Waals surface area contributed by atoms with Crippen molar-refractivity contribution in [1.29, 1.82) is 0 Å². The summed E-state index contributed by atoms with van der Waals surface area (Å²) in [4.78, 5) is 4.36. The molecule has 0 spiro atoms. The van der Waals surface area contributed by atoms with E-state index in [9.17, 15) is 13.2 Å². The molecule has 1 aromatic carbocycles. The minimum absolute atomic E-state index is 0.0779. The van der Waals surface area contributed by atoms with E-state index in [0.29, 0.717) is 11.0 Å². The molecule has 0 amide bonds. The Morgan fingerprint density at radius 1 is 1.00 bits per heavy atom. The van der Waals surface area contributed by atoms with Gasteiger partial charge in [-0.25, -0.2) is 4.98 Å². The van der Waals surface area contributed by atoms with Gasteiger partial charge in [-0.3, -0.25) is 10.2 Å². The topological polar surface area (TPSA) is 70.2 Å². The van der Waals surface area contributed by atoms with E-state index < -0.39 is 11.9 Å². The van der Waals surface area contributed by atoms with Gasteiger partial charge < -0.3 is 0 Å². The third-order valence-electron chi connectivity index (χ3n) is 3.46. The molecule has 0 aliphatic heterocycles. The van der Waals surface area contributed by atoms with E-state index in [2.05, 4.69) is 25.4 Å². The summed E-state index contributed by atoms with van der Waals surface area (Å²) in [5.41, 5.74) is 0.413. The second kappa shape index (κ2) is 4.30. The number of aromatic amines is 2. The van der Waals surface area contributed by atoms with Gasteiger partial charge in [0, 0.05) is 17.0 Å². The highest BCUT2D eigenvalue weighted by molar-refractivity contribution is 6.03. The van der Waals surface area contributed by atoms with Crippen molar-refractivity contribution in [2.24, 2.45) is 0 Å². The summed E-state index contributed by atoms with van der Waals surface area (Å²) >= 11 is 0. The Balaban J connectivity index is 1.98. The molecule has 22 heavy (non-hydrogen) atoms. The van der Waals surface area contributed by atoms with E-state index in [1.807, 2.05) is 12.1 Å². The maximum absolute atomic E-state index is 13.0. The van der Waals surface area contributed by atoms with Gasteiger partial charge in [-0.15, -0.1) is 0 Å². The van der Waals surface area contributed by atoms with E-state index >= 15 is 0 Å². The van der Waals surface area contributed by atoms with Gasteiger partial charge in [-0.2, -0.15) is 23.4 Å². The number of hydrogen-bond donors (Lipinski definition) is 2. The molecule has 0 aliphatic rings. The molecule has 3 aromatic heterocycles. The van der Waals surface area contributed by atoms with Crippen LogP contribution in [0.5, 0.6) is 0 Å². The molecule has 0 atom stereocenters. The first-order chi connectivity index (χ1) is 10.5. The lowest BCUT2D eigenvalue weighted by Gasteiger charge is -2.07. The standard InChI is InChI=1S/C14H8F3N5/c15-14(16,17)13-9(6-19-22-13)10-4-3-7-1-2-8-5-18-21-12(8)11(7)20-10/h1-6H,(H,18,21)(H,19,22). The average molecular weight is 303 g/mol. The fourth-order valence-electron chi connectivity index (χ4n) is 2.45. The number of benzene rings is 1. The number of nitrogens with zero attached hydrogens (tertiary/aromatic N) is 3. The highest BCUT2D eigenvalue weighted by atomic mass is 19.4. The van der Waals surface area contributed by atoms with Gasteiger partial charge in [-0.1, -0.05) is 18.2 Å². The van der Waals surface area contributed by atoms with Gasteiger partial charge in [0.25, 0.3) is 0 Å². The van der Waals surface area contributed by atoms with E-state index in [4.69, 9.17) is 0 Å². The summed E-state index contributed by atoms with van der Waals surface area (Å²) in [7, 11) is 0. The Hall–Kier alpha value is -2.90. The smallest absolute Gasteiger partial charge is 0.284 e. The Labute approximate surface area is 121 Å². The van der Waals surface area contributed by atoms with Crippen molar-refractivity contribution in [2.75, 3.05) is 0 Å². The molecule has 0 fully saturated rings. The fraction of sp³-hybridized carbons (Fsp3) is 0.0714. The van der Waals surface area contributed by atoms with Gasteiger partial charge in [0.1, 0.15) is 0 Å². The van der Waals surface area contributed by atoms with Crippen molar-refractivity contribution in [3.63, 3.8) is 0 Å². The quantitative estimate of drug-likeness (QED) is 0.565. The van der Waals surface area contributed by atoms with Crippen LogP contribution in [0.2, 0.25) is 0 Å². The molecular weight excluding hydrogens is 295 g/mol. The van der Waals surface area contributed by atoms with Crippen LogP contribution in [-0.2, 0) is 6.18 Å². The molecular formula is C14H8F3N5. The maximum Gasteiger partial charge on any atom is 0.435 e. The molecule has 5 nitrogen and oxygen atoms in total. The summed E-state index contributed by atoms with van der Waals surface area (Å²) in [6.07, 6.45) is -1.70. The minimum atomic E-state index is -4.54. The number of rotatable bonds is 1. The Bertz CT molecular complexity index is 983. The van der Waals surface area contributed by atoms with Crippen molar-refractivity contribution in [3.8, 4) is 11.3 Å². The normalized spacial score (nSPS) is 12.3. The van der Waals surface area contributed by atoms with E-state index in [0.717, 1.165) is 10.8 Å². The molecule has 0 radical (unpaired) electrons. The number of H-pyrrole nitrogens is 2. The first-order valence-electron chi connectivity index (χ1n) is 6.38. The van der Waals surface area contributed by atoms with Crippen molar-refractivity contribution in [3.05, 3.63) is 42.4 Å². The van der Waals surface area contributed by atoms with E-state index in [1.54, 1.807) is 18.3 Å². The largest absolute Gasteiger partial charge is 0.435 e. The van der Waals surface area contributed by atoms with Gasteiger partial charge in [0.05, 0.1) is 28.5 Å². The first kappa shape index (κ1) is 12.8. The maximum atomic E-state index is 13.0. The molecule has 110 valence electrons. The first-order valence-corrected chi connectivity index (χ1v) is 6.38. The third kappa shape index (κ3) is 1.84.